The van der Waals surface area contributed by atoms with Crippen LogP contribution in [0.4, 0.5) is 11.4 Å². The van der Waals surface area contributed by atoms with E-state index in [9.17, 15) is 4.79 Å². The fourth-order valence-electron chi connectivity index (χ4n) is 3.62. The summed E-state index contributed by atoms with van der Waals surface area (Å²) >= 11 is 12.6. The molecule has 5 aromatic rings. The van der Waals surface area contributed by atoms with E-state index in [0.29, 0.717) is 44.4 Å². The number of aryl methyl sites for hydroxylation is 2. The summed E-state index contributed by atoms with van der Waals surface area (Å²) in [4.78, 5) is 20.9. The smallest absolute Gasteiger partial charge is 0.271 e. The number of nitrogens with one attached hydrogen (secondary N) is 1. The maximum absolute atomic E-state index is 12.0. The number of hydrogen-bond acceptors (Lipinski definition) is 7. The second kappa shape index (κ2) is 8.40. The Kier molecular flexibility index (Phi) is 5.39. The lowest BCUT2D eigenvalue weighted by molar-refractivity contribution is 0.0996. The number of fused-ring (bicyclic) bond motifs is 1. The van der Waals surface area contributed by atoms with E-state index < -0.39 is 5.91 Å². The highest BCUT2D eigenvalue weighted by atomic mass is 35.5. The van der Waals surface area contributed by atoms with Crippen molar-refractivity contribution in [2.45, 2.75) is 13.8 Å². The molecule has 0 saturated carbocycles. The van der Waals surface area contributed by atoms with Gasteiger partial charge in [0.1, 0.15) is 11.4 Å². The maximum Gasteiger partial charge on any atom is 0.271 e. The van der Waals surface area contributed by atoms with Crippen LogP contribution in [0.3, 0.4) is 0 Å². The van der Waals surface area contributed by atoms with Gasteiger partial charge in [0.2, 0.25) is 0 Å². The van der Waals surface area contributed by atoms with Crippen molar-refractivity contribution in [2.75, 3.05) is 5.32 Å². The third kappa shape index (κ3) is 3.82. The minimum Gasteiger partial charge on any atom is -0.364 e. The van der Waals surface area contributed by atoms with Crippen LogP contribution in [0.1, 0.15) is 21.9 Å². The first-order valence-corrected chi connectivity index (χ1v) is 10.8. The quantitative estimate of drug-likeness (QED) is 0.376. The van der Waals surface area contributed by atoms with Gasteiger partial charge in [0.05, 0.1) is 33.8 Å². The highest BCUT2D eigenvalue weighted by Crippen LogP contribution is 2.30. The summed E-state index contributed by atoms with van der Waals surface area (Å²) < 4.78 is 3.25. The van der Waals surface area contributed by atoms with Crippen molar-refractivity contribution in [3.05, 3.63) is 75.9 Å². The topological polar surface area (TPSA) is 129 Å². The normalized spacial score (nSPS) is 11.2. The van der Waals surface area contributed by atoms with Gasteiger partial charge in [-0.05, 0) is 44.2 Å². The van der Waals surface area contributed by atoms with E-state index in [1.165, 1.54) is 4.68 Å². The fourth-order valence-corrected chi connectivity index (χ4v) is 4.19. The standard InChI is InChI=1S/C22H17Cl2N9O/c1-11-8-12(2)33-21(29-30-22(33)27-11)16-7-6-13(9-26-16)28-17-10-32(31-18(17)20(25)34)19-14(23)4-3-5-15(19)24/h3-10,28H,1-2H3,(H2,25,34). The van der Waals surface area contributed by atoms with Gasteiger partial charge in [0.15, 0.2) is 11.5 Å². The van der Waals surface area contributed by atoms with Crippen LogP contribution in [-0.2, 0) is 0 Å². The van der Waals surface area contributed by atoms with Crippen molar-refractivity contribution < 1.29 is 4.79 Å². The fraction of sp³-hybridized carbons (Fsp3) is 0.0909. The Bertz CT molecular complexity index is 1540. The molecule has 3 N–H and O–H groups in total. The number of nitrogens with two attached hydrogens (primary N) is 1. The van der Waals surface area contributed by atoms with Gasteiger partial charge in [-0.1, -0.05) is 29.3 Å². The molecule has 4 aromatic heterocycles. The van der Waals surface area contributed by atoms with Crippen molar-refractivity contribution in [1.29, 1.82) is 0 Å². The number of carbonyl (C=O) groups excluding carboxylic acids is 1. The predicted octanol–water partition coefficient (Wildman–Crippen LogP) is 4.14. The molecule has 12 heteroatoms. The zero-order valence-electron chi connectivity index (χ0n) is 18.0. The van der Waals surface area contributed by atoms with Crippen LogP contribution in [0.15, 0.2) is 48.8 Å². The second-order valence-corrected chi connectivity index (χ2v) is 8.34. The molecule has 170 valence electrons. The molecule has 0 fully saturated rings. The number of nitrogens with zero attached hydrogens (tertiary/aromatic N) is 7. The first-order chi connectivity index (χ1) is 16.3. The predicted molar refractivity (Wildman–Crippen MR) is 129 cm³/mol. The first kappa shape index (κ1) is 21.8. The minimum absolute atomic E-state index is 0.0283. The third-order valence-corrected chi connectivity index (χ3v) is 5.69. The molecule has 34 heavy (non-hydrogen) atoms. The second-order valence-electron chi connectivity index (χ2n) is 7.53. The maximum atomic E-state index is 12.0. The van der Waals surface area contributed by atoms with Gasteiger partial charge in [-0.2, -0.15) is 5.10 Å². The summed E-state index contributed by atoms with van der Waals surface area (Å²) in [7, 11) is 0. The monoisotopic (exact) mass is 493 g/mol. The van der Waals surface area contributed by atoms with Crippen LogP contribution in [0.25, 0.3) is 23.0 Å². The Morgan fingerprint density at radius 2 is 1.85 bits per heavy atom. The molecular formula is C22H17Cl2N9O. The molecule has 1 aromatic carbocycles. The van der Waals surface area contributed by atoms with Crippen molar-refractivity contribution in [2.24, 2.45) is 5.73 Å². The van der Waals surface area contributed by atoms with Crippen molar-refractivity contribution in [1.82, 2.24) is 34.3 Å². The van der Waals surface area contributed by atoms with Crippen LogP contribution in [-0.4, -0.2) is 40.3 Å². The van der Waals surface area contributed by atoms with E-state index in [0.717, 1.165) is 11.4 Å². The highest BCUT2D eigenvalue weighted by molar-refractivity contribution is 6.37. The number of pyridine rings is 1. The van der Waals surface area contributed by atoms with Crippen molar-refractivity contribution in [3.8, 4) is 17.2 Å². The molecule has 0 aliphatic rings. The molecule has 4 heterocycles. The van der Waals surface area contributed by atoms with Gasteiger partial charge >= 0.3 is 0 Å². The van der Waals surface area contributed by atoms with Gasteiger partial charge in [-0.15, -0.1) is 10.2 Å². The third-order valence-electron chi connectivity index (χ3n) is 5.08. The number of primary amides is 1. The van der Waals surface area contributed by atoms with E-state index in [4.69, 9.17) is 28.9 Å². The summed E-state index contributed by atoms with van der Waals surface area (Å²) in [6, 6.07) is 10.6. The molecule has 0 aliphatic heterocycles. The minimum atomic E-state index is -0.706. The van der Waals surface area contributed by atoms with Crippen molar-refractivity contribution in [3.63, 3.8) is 0 Å². The Morgan fingerprint density at radius 3 is 2.53 bits per heavy atom. The molecule has 0 unspecified atom stereocenters. The Labute approximate surface area is 203 Å². The van der Waals surface area contributed by atoms with Crippen LogP contribution in [0.5, 0.6) is 0 Å². The number of amides is 1. The highest BCUT2D eigenvalue weighted by Gasteiger charge is 2.19. The summed E-state index contributed by atoms with van der Waals surface area (Å²) in [5, 5.41) is 16.5. The van der Waals surface area contributed by atoms with Crippen LogP contribution in [0, 0.1) is 13.8 Å². The SMILES string of the molecule is Cc1cc(C)n2c(-c3ccc(Nc4cn(-c5c(Cl)cccc5Cl)nc4C(N)=O)cn3)nnc2n1. The average Bonchev–Trinajstić information content (AvgIpc) is 3.39. The Morgan fingerprint density at radius 1 is 1.09 bits per heavy atom. The summed E-state index contributed by atoms with van der Waals surface area (Å²) in [6.07, 6.45) is 3.20. The number of aromatic nitrogens is 7. The molecule has 0 saturated heterocycles. The number of rotatable bonds is 5. The Hall–Kier alpha value is -4.02. The number of anilines is 2. The molecule has 0 aliphatic carbocycles. The number of carbonyl (C=O) groups is 1. The van der Waals surface area contributed by atoms with Gasteiger partial charge in [0.25, 0.3) is 11.7 Å². The summed E-state index contributed by atoms with van der Waals surface area (Å²) in [5.41, 5.74) is 9.41. The number of hydrogen-bond donors (Lipinski definition) is 2. The lowest BCUT2D eigenvalue weighted by Gasteiger charge is -2.07. The van der Waals surface area contributed by atoms with Gasteiger partial charge < -0.3 is 11.1 Å². The van der Waals surface area contributed by atoms with Gasteiger partial charge in [0, 0.05) is 11.4 Å². The molecule has 1 amide bonds. The van der Waals surface area contributed by atoms with Gasteiger partial charge in [-0.3, -0.25) is 14.2 Å². The zero-order valence-corrected chi connectivity index (χ0v) is 19.5. The van der Waals surface area contributed by atoms with E-state index >= 15 is 0 Å². The molecule has 0 atom stereocenters. The average molecular weight is 494 g/mol. The largest absolute Gasteiger partial charge is 0.364 e. The van der Waals surface area contributed by atoms with E-state index in [-0.39, 0.29) is 5.69 Å². The lowest BCUT2D eigenvalue weighted by atomic mass is 10.3. The van der Waals surface area contributed by atoms with Crippen molar-refractivity contribution >= 4 is 46.3 Å². The number of para-hydroxylation sites is 1. The van der Waals surface area contributed by atoms with E-state index in [2.05, 4.69) is 30.6 Å². The van der Waals surface area contributed by atoms with Crippen LogP contribution < -0.4 is 11.1 Å². The van der Waals surface area contributed by atoms with Crippen LogP contribution in [0.2, 0.25) is 10.0 Å². The molecule has 0 spiro atoms. The van der Waals surface area contributed by atoms with Gasteiger partial charge in [-0.25, -0.2) is 9.67 Å². The van der Waals surface area contributed by atoms with E-state index in [1.807, 2.05) is 24.3 Å². The summed E-state index contributed by atoms with van der Waals surface area (Å²) in [5.74, 6) is 0.376. The van der Waals surface area contributed by atoms with E-state index in [1.54, 1.807) is 42.7 Å². The molecule has 0 radical (unpaired) electrons. The lowest BCUT2D eigenvalue weighted by Crippen LogP contribution is -2.14. The zero-order chi connectivity index (χ0) is 24.0. The number of halogens is 2. The first-order valence-electron chi connectivity index (χ1n) is 10.1. The van der Waals surface area contributed by atoms with Crippen LogP contribution >= 0.6 is 23.2 Å². The molecule has 5 rings (SSSR count). The Balaban J connectivity index is 1.48. The molecular weight excluding hydrogens is 477 g/mol. The summed E-state index contributed by atoms with van der Waals surface area (Å²) in [6.45, 7) is 3.86. The molecule has 10 nitrogen and oxygen atoms in total. The number of benzene rings is 1. The molecule has 0 bridgehead atoms.